The van der Waals surface area contributed by atoms with E-state index in [0.717, 1.165) is 4.38 Å². The number of aliphatic imine (C=N–C) groups is 1. The Morgan fingerprint density at radius 2 is 2.62 bits per heavy atom. The fourth-order valence-electron chi connectivity index (χ4n) is 0.413. The molecule has 0 unspecified atom stereocenters. The molecular formula is C4H6N2S2. The van der Waals surface area contributed by atoms with Crippen molar-refractivity contribution < 1.29 is 0 Å². The molecular weight excluding hydrogens is 140 g/mol. The van der Waals surface area contributed by atoms with Gasteiger partial charge >= 0.3 is 0 Å². The molecule has 8 heavy (non-hydrogen) atoms. The number of nitrogens with zero attached hydrogens (tertiary/aromatic N) is 1. The lowest BCUT2D eigenvalue weighted by Gasteiger charge is -1.86. The normalized spacial score (nSPS) is 19.1. The Hall–Kier alpha value is 0.0400. The van der Waals surface area contributed by atoms with Crippen molar-refractivity contribution in [2.24, 2.45) is 4.99 Å². The van der Waals surface area contributed by atoms with Gasteiger partial charge in [0.1, 0.15) is 4.38 Å². The molecule has 1 aliphatic heterocycles. The topological polar surface area (TPSA) is 36.2 Å². The highest BCUT2D eigenvalue weighted by Gasteiger charge is 2.09. The van der Waals surface area contributed by atoms with Gasteiger partial charge in [0.15, 0.2) is 0 Å². The maximum Gasteiger partial charge on any atom is 0.130 e. The molecule has 2 nitrogen and oxygen atoms in total. The first-order valence-corrected chi connectivity index (χ1v) is 4.21. The van der Waals surface area contributed by atoms with E-state index in [1.165, 1.54) is 11.8 Å². The molecule has 0 aliphatic carbocycles. The lowest BCUT2D eigenvalue weighted by atomic mass is 10.7. The minimum absolute atomic E-state index is 0.598. The fourth-order valence-corrected chi connectivity index (χ4v) is 1.71. The molecule has 0 bridgehead atoms. The largest absolute Gasteiger partial charge is 0.296 e. The third-order valence-corrected chi connectivity index (χ3v) is 2.64. The monoisotopic (exact) mass is 146 g/mol. The quantitative estimate of drug-likeness (QED) is 0.561. The van der Waals surface area contributed by atoms with Crippen LogP contribution in [0.1, 0.15) is 0 Å². The van der Waals surface area contributed by atoms with Crippen LogP contribution in [-0.2, 0) is 0 Å². The molecule has 0 atom stereocenters. The minimum Gasteiger partial charge on any atom is -0.296 e. The molecule has 1 N–H and O–H groups in total. The summed E-state index contributed by atoms with van der Waals surface area (Å²) in [6.45, 7) is 0.598. The second-order valence-corrected chi connectivity index (χ2v) is 3.45. The Bertz CT molecular complexity index is 141. The van der Waals surface area contributed by atoms with Gasteiger partial charge in [0.25, 0.3) is 0 Å². The maximum absolute atomic E-state index is 7.12. The van der Waals surface area contributed by atoms with Gasteiger partial charge in [-0.15, -0.1) is 11.8 Å². The van der Waals surface area contributed by atoms with Gasteiger partial charge in [0.2, 0.25) is 0 Å². The summed E-state index contributed by atoms with van der Waals surface area (Å²) in [5.74, 6) is 0. The highest BCUT2D eigenvalue weighted by molar-refractivity contribution is 8.45. The molecule has 0 spiro atoms. The van der Waals surface area contributed by atoms with E-state index in [9.17, 15) is 0 Å². The lowest BCUT2D eigenvalue weighted by molar-refractivity contribution is 1.32. The molecule has 1 aliphatic rings. The number of nitrogens with one attached hydrogen (secondary N) is 1. The average molecular weight is 146 g/mol. The maximum atomic E-state index is 7.12. The summed E-state index contributed by atoms with van der Waals surface area (Å²) in [6.07, 6.45) is 1.98. The van der Waals surface area contributed by atoms with Gasteiger partial charge in [-0.05, 0) is 18.0 Å². The van der Waals surface area contributed by atoms with Crippen molar-refractivity contribution in [3.63, 3.8) is 0 Å². The molecule has 0 saturated carbocycles. The molecule has 0 amide bonds. The van der Waals surface area contributed by atoms with Crippen molar-refractivity contribution in [3.05, 3.63) is 0 Å². The van der Waals surface area contributed by atoms with Gasteiger partial charge in [-0.25, -0.2) is 0 Å². The predicted octanol–water partition coefficient (Wildman–Crippen LogP) is 1.43. The second-order valence-electron chi connectivity index (χ2n) is 1.31. The van der Waals surface area contributed by atoms with E-state index in [2.05, 4.69) is 4.99 Å². The van der Waals surface area contributed by atoms with E-state index >= 15 is 0 Å². The van der Waals surface area contributed by atoms with Crippen LogP contribution in [-0.4, -0.2) is 22.2 Å². The standard InChI is InChI=1S/C4H6N2S2/c1-7-4-6-2-3(5)8-4/h5H,2H2,1H3. The van der Waals surface area contributed by atoms with Crippen LogP contribution >= 0.6 is 23.5 Å². The molecule has 1 heterocycles. The number of thioether (sulfide) groups is 2. The van der Waals surface area contributed by atoms with Crippen molar-refractivity contribution in [1.29, 1.82) is 5.41 Å². The van der Waals surface area contributed by atoms with E-state index in [-0.39, 0.29) is 0 Å². The Morgan fingerprint density at radius 3 is 2.88 bits per heavy atom. The fraction of sp³-hybridized carbons (Fsp3) is 0.500. The summed E-state index contributed by atoms with van der Waals surface area (Å²) in [6, 6.07) is 0. The number of rotatable bonds is 0. The highest BCUT2D eigenvalue weighted by atomic mass is 32.2. The first kappa shape index (κ1) is 6.16. The van der Waals surface area contributed by atoms with E-state index < -0.39 is 0 Å². The number of hydrogen-bond acceptors (Lipinski definition) is 4. The van der Waals surface area contributed by atoms with Crippen LogP contribution in [0.25, 0.3) is 0 Å². The lowest BCUT2D eigenvalue weighted by Crippen LogP contribution is -1.84. The van der Waals surface area contributed by atoms with Gasteiger partial charge in [-0.1, -0.05) is 0 Å². The van der Waals surface area contributed by atoms with Crippen molar-refractivity contribution in [2.75, 3.05) is 12.8 Å². The van der Waals surface area contributed by atoms with Crippen molar-refractivity contribution in [2.45, 2.75) is 0 Å². The van der Waals surface area contributed by atoms with E-state index in [4.69, 9.17) is 5.41 Å². The van der Waals surface area contributed by atoms with Crippen molar-refractivity contribution >= 4 is 32.9 Å². The zero-order valence-electron chi connectivity index (χ0n) is 4.47. The Balaban J connectivity index is 2.49. The average Bonchev–Trinajstić information content (AvgIpc) is 2.14. The zero-order valence-corrected chi connectivity index (χ0v) is 6.10. The van der Waals surface area contributed by atoms with Crippen LogP contribution in [0.5, 0.6) is 0 Å². The van der Waals surface area contributed by atoms with Crippen molar-refractivity contribution in [1.82, 2.24) is 0 Å². The van der Waals surface area contributed by atoms with E-state index in [1.54, 1.807) is 11.8 Å². The number of hydrogen-bond donors (Lipinski definition) is 1. The first-order chi connectivity index (χ1) is 3.83. The van der Waals surface area contributed by atoms with Gasteiger partial charge in [0, 0.05) is 0 Å². The summed E-state index contributed by atoms with van der Waals surface area (Å²) < 4.78 is 1.02. The van der Waals surface area contributed by atoms with Crippen LogP contribution < -0.4 is 0 Å². The van der Waals surface area contributed by atoms with Crippen molar-refractivity contribution in [3.8, 4) is 0 Å². The van der Waals surface area contributed by atoms with Crippen LogP contribution in [0.15, 0.2) is 4.99 Å². The smallest absolute Gasteiger partial charge is 0.130 e. The summed E-state index contributed by atoms with van der Waals surface area (Å²) in [4.78, 5) is 4.05. The predicted molar refractivity (Wildman–Crippen MR) is 41.1 cm³/mol. The SMILES string of the molecule is CSC1=NCC(=N)S1. The summed E-state index contributed by atoms with van der Waals surface area (Å²) in [7, 11) is 0. The zero-order chi connectivity index (χ0) is 5.98. The molecule has 4 heteroatoms. The Labute approximate surface area is 56.7 Å². The molecule has 0 fully saturated rings. The van der Waals surface area contributed by atoms with Crippen LogP contribution in [0.2, 0.25) is 0 Å². The molecule has 44 valence electrons. The van der Waals surface area contributed by atoms with E-state index in [0.29, 0.717) is 11.6 Å². The van der Waals surface area contributed by atoms with Gasteiger partial charge in [-0.2, -0.15) is 0 Å². The Morgan fingerprint density at radius 1 is 1.88 bits per heavy atom. The highest BCUT2D eigenvalue weighted by Crippen LogP contribution is 2.20. The second kappa shape index (κ2) is 2.55. The molecule has 0 aromatic carbocycles. The van der Waals surface area contributed by atoms with Crippen LogP contribution in [0.3, 0.4) is 0 Å². The Kier molecular flexibility index (Phi) is 1.96. The van der Waals surface area contributed by atoms with E-state index in [1.807, 2.05) is 6.26 Å². The molecule has 0 saturated heterocycles. The van der Waals surface area contributed by atoms with Crippen LogP contribution in [0, 0.1) is 5.41 Å². The van der Waals surface area contributed by atoms with Gasteiger partial charge in [0.05, 0.1) is 11.6 Å². The summed E-state index contributed by atoms with van der Waals surface area (Å²) in [5.41, 5.74) is 0. The van der Waals surface area contributed by atoms with Gasteiger partial charge < -0.3 is 0 Å². The third kappa shape index (κ3) is 1.26. The molecule has 0 aromatic rings. The van der Waals surface area contributed by atoms with Crippen LogP contribution in [0.4, 0.5) is 0 Å². The molecule has 1 rings (SSSR count). The summed E-state index contributed by atoms with van der Waals surface area (Å²) >= 11 is 3.07. The minimum atomic E-state index is 0.598. The molecule has 0 radical (unpaired) electrons. The van der Waals surface area contributed by atoms with Gasteiger partial charge in [-0.3, -0.25) is 10.4 Å². The first-order valence-electron chi connectivity index (χ1n) is 2.16. The molecule has 0 aromatic heterocycles. The third-order valence-electron chi connectivity index (χ3n) is 0.737. The summed E-state index contributed by atoms with van der Waals surface area (Å²) in [5, 5.41) is 7.78.